The molecular weight excluding hydrogens is 315 g/mol. The lowest BCUT2D eigenvalue weighted by molar-refractivity contribution is -0.139. The summed E-state index contributed by atoms with van der Waals surface area (Å²) in [5.41, 5.74) is 0.799. The van der Waals surface area contributed by atoms with Crippen molar-refractivity contribution in [2.75, 3.05) is 0 Å². The molecular formula is C15H10F3NS2. The molecule has 3 aromatic rings. The van der Waals surface area contributed by atoms with Crippen LogP contribution < -0.4 is 0 Å². The maximum atomic E-state index is 13.1. The van der Waals surface area contributed by atoms with E-state index in [0.29, 0.717) is 9.90 Å². The Labute approximate surface area is 127 Å². The van der Waals surface area contributed by atoms with Crippen LogP contribution in [0.5, 0.6) is 0 Å². The van der Waals surface area contributed by atoms with Crippen molar-refractivity contribution in [1.29, 1.82) is 0 Å². The average molecular weight is 325 g/mol. The number of aryl methyl sites for hydroxylation is 1. The Morgan fingerprint density at radius 1 is 1.10 bits per heavy atom. The summed E-state index contributed by atoms with van der Waals surface area (Å²) in [6.45, 7) is 1.65. The van der Waals surface area contributed by atoms with E-state index in [2.05, 4.69) is 4.98 Å². The number of nitrogens with zero attached hydrogens (tertiary/aromatic N) is 1. The van der Waals surface area contributed by atoms with E-state index in [4.69, 9.17) is 0 Å². The molecule has 0 bridgehead atoms. The van der Waals surface area contributed by atoms with Gasteiger partial charge in [0.2, 0.25) is 0 Å². The lowest BCUT2D eigenvalue weighted by atomic mass is 10.1. The van der Waals surface area contributed by atoms with Crippen LogP contribution in [0.4, 0.5) is 13.2 Å². The molecule has 0 radical (unpaired) electrons. The Morgan fingerprint density at radius 3 is 2.57 bits per heavy atom. The highest BCUT2D eigenvalue weighted by Gasteiger charge is 2.33. The van der Waals surface area contributed by atoms with Crippen molar-refractivity contribution in [2.24, 2.45) is 0 Å². The number of fused-ring (bicyclic) bond motifs is 1. The highest BCUT2D eigenvalue weighted by atomic mass is 32.2. The van der Waals surface area contributed by atoms with E-state index >= 15 is 0 Å². The van der Waals surface area contributed by atoms with Crippen LogP contribution in [-0.2, 0) is 6.18 Å². The van der Waals surface area contributed by atoms with Crippen LogP contribution in [0.15, 0.2) is 51.7 Å². The van der Waals surface area contributed by atoms with Crippen LogP contribution in [-0.4, -0.2) is 4.98 Å². The SMILES string of the molecule is Cc1ccc(Sc2nc3ccccc3s2)c(C(F)(F)F)c1. The van der Waals surface area contributed by atoms with Gasteiger partial charge in [-0.1, -0.05) is 35.5 Å². The van der Waals surface area contributed by atoms with Crippen LogP contribution >= 0.6 is 23.1 Å². The highest BCUT2D eigenvalue weighted by molar-refractivity contribution is 8.01. The van der Waals surface area contributed by atoms with Crippen LogP contribution in [0.3, 0.4) is 0 Å². The van der Waals surface area contributed by atoms with Crippen molar-refractivity contribution >= 4 is 33.3 Å². The summed E-state index contributed by atoms with van der Waals surface area (Å²) in [5.74, 6) is 0. The van der Waals surface area contributed by atoms with Gasteiger partial charge in [0.1, 0.15) is 0 Å². The van der Waals surface area contributed by atoms with E-state index in [1.54, 1.807) is 13.0 Å². The van der Waals surface area contributed by atoms with Gasteiger partial charge in [-0.25, -0.2) is 4.98 Å². The molecule has 108 valence electrons. The number of benzene rings is 2. The number of aromatic nitrogens is 1. The fourth-order valence-corrected chi connectivity index (χ4v) is 4.10. The molecule has 0 saturated carbocycles. The second-order valence-corrected chi connectivity index (χ2v) is 6.87. The molecule has 2 aromatic carbocycles. The van der Waals surface area contributed by atoms with Gasteiger partial charge >= 0.3 is 6.18 Å². The Balaban J connectivity index is 2.01. The number of para-hydroxylation sites is 1. The van der Waals surface area contributed by atoms with Crippen molar-refractivity contribution in [1.82, 2.24) is 4.98 Å². The molecule has 0 unspecified atom stereocenters. The first-order chi connectivity index (χ1) is 9.93. The second kappa shape index (κ2) is 5.35. The predicted octanol–water partition coefficient (Wildman–Crippen LogP) is 5.77. The topological polar surface area (TPSA) is 12.9 Å². The minimum Gasteiger partial charge on any atom is -0.229 e. The van der Waals surface area contributed by atoms with E-state index in [0.717, 1.165) is 22.0 Å². The van der Waals surface area contributed by atoms with Gasteiger partial charge in [0.25, 0.3) is 0 Å². The molecule has 0 atom stereocenters. The first kappa shape index (κ1) is 14.4. The molecule has 0 saturated heterocycles. The van der Waals surface area contributed by atoms with Crippen LogP contribution in [0.2, 0.25) is 0 Å². The van der Waals surface area contributed by atoms with E-state index in [9.17, 15) is 13.2 Å². The molecule has 1 heterocycles. The Hall–Kier alpha value is -1.53. The van der Waals surface area contributed by atoms with Gasteiger partial charge in [0, 0.05) is 4.90 Å². The monoisotopic (exact) mass is 325 g/mol. The molecule has 3 rings (SSSR count). The molecule has 0 aliphatic rings. The fraction of sp³-hybridized carbons (Fsp3) is 0.133. The number of hydrogen-bond donors (Lipinski definition) is 0. The second-order valence-electron chi connectivity index (χ2n) is 4.55. The number of alkyl halides is 3. The summed E-state index contributed by atoms with van der Waals surface area (Å²) in [5, 5.41) is 0. The third-order valence-electron chi connectivity index (χ3n) is 2.91. The third kappa shape index (κ3) is 3.06. The third-order valence-corrected chi connectivity index (χ3v) is 5.08. The Morgan fingerprint density at radius 2 is 1.86 bits per heavy atom. The lowest BCUT2D eigenvalue weighted by Crippen LogP contribution is -2.07. The number of thiazole rings is 1. The van der Waals surface area contributed by atoms with Crippen molar-refractivity contribution in [3.05, 3.63) is 53.6 Å². The first-order valence-electron chi connectivity index (χ1n) is 6.15. The smallest absolute Gasteiger partial charge is 0.229 e. The first-order valence-corrected chi connectivity index (χ1v) is 7.78. The van der Waals surface area contributed by atoms with Gasteiger partial charge in [-0.2, -0.15) is 13.2 Å². The molecule has 6 heteroatoms. The summed E-state index contributed by atoms with van der Waals surface area (Å²) < 4.78 is 40.9. The summed E-state index contributed by atoms with van der Waals surface area (Å²) >= 11 is 2.46. The molecule has 0 aliphatic carbocycles. The summed E-state index contributed by atoms with van der Waals surface area (Å²) in [6.07, 6.45) is -4.36. The van der Waals surface area contributed by atoms with Gasteiger partial charge in [0.05, 0.1) is 15.8 Å². The van der Waals surface area contributed by atoms with Gasteiger partial charge in [-0.15, -0.1) is 11.3 Å². The Kier molecular flexibility index (Phi) is 3.67. The zero-order valence-electron chi connectivity index (χ0n) is 10.9. The zero-order chi connectivity index (χ0) is 15.0. The van der Waals surface area contributed by atoms with Gasteiger partial charge in [-0.05, 0) is 31.2 Å². The average Bonchev–Trinajstić information content (AvgIpc) is 2.82. The van der Waals surface area contributed by atoms with Crippen molar-refractivity contribution in [2.45, 2.75) is 22.3 Å². The van der Waals surface area contributed by atoms with Crippen LogP contribution in [0.1, 0.15) is 11.1 Å². The van der Waals surface area contributed by atoms with Gasteiger partial charge < -0.3 is 0 Å². The quantitative estimate of drug-likeness (QED) is 0.593. The number of hydrogen-bond acceptors (Lipinski definition) is 3. The van der Waals surface area contributed by atoms with E-state index in [1.165, 1.54) is 23.5 Å². The molecule has 21 heavy (non-hydrogen) atoms. The summed E-state index contributed by atoms with van der Waals surface area (Å²) in [4.78, 5) is 4.55. The van der Waals surface area contributed by atoms with Crippen LogP contribution in [0, 0.1) is 6.92 Å². The number of halogens is 3. The van der Waals surface area contributed by atoms with Gasteiger partial charge in [-0.3, -0.25) is 0 Å². The highest BCUT2D eigenvalue weighted by Crippen LogP contribution is 2.41. The summed E-state index contributed by atoms with van der Waals surface area (Å²) in [7, 11) is 0. The van der Waals surface area contributed by atoms with E-state index in [1.807, 2.05) is 24.3 Å². The van der Waals surface area contributed by atoms with E-state index < -0.39 is 11.7 Å². The summed E-state index contributed by atoms with van der Waals surface area (Å²) in [6, 6.07) is 11.9. The molecule has 1 nitrogen and oxygen atoms in total. The van der Waals surface area contributed by atoms with Crippen molar-refractivity contribution < 1.29 is 13.2 Å². The fourth-order valence-electron chi connectivity index (χ4n) is 1.94. The normalized spacial score (nSPS) is 12.0. The zero-order valence-corrected chi connectivity index (χ0v) is 12.6. The van der Waals surface area contributed by atoms with Crippen molar-refractivity contribution in [3.63, 3.8) is 0 Å². The largest absolute Gasteiger partial charge is 0.417 e. The minimum atomic E-state index is -4.36. The van der Waals surface area contributed by atoms with Gasteiger partial charge in [0.15, 0.2) is 4.34 Å². The molecule has 1 aromatic heterocycles. The predicted molar refractivity (Wildman–Crippen MR) is 79.9 cm³/mol. The lowest BCUT2D eigenvalue weighted by Gasteiger charge is -2.12. The molecule has 0 fully saturated rings. The molecule has 0 amide bonds. The Bertz CT molecular complexity index is 760. The van der Waals surface area contributed by atoms with E-state index in [-0.39, 0.29) is 4.90 Å². The van der Waals surface area contributed by atoms with Crippen LogP contribution in [0.25, 0.3) is 10.2 Å². The number of rotatable bonds is 2. The molecule has 0 spiro atoms. The maximum Gasteiger partial charge on any atom is 0.417 e. The van der Waals surface area contributed by atoms with Crippen molar-refractivity contribution in [3.8, 4) is 0 Å². The molecule has 0 N–H and O–H groups in total. The molecule has 0 aliphatic heterocycles. The minimum absolute atomic E-state index is 0.187. The standard InChI is InChI=1S/C15H10F3NS2/c1-9-6-7-12(10(8-9)15(16,17)18)20-14-19-11-4-2-3-5-13(11)21-14/h2-8H,1H3. The maximum absolute atomic E-state index is 13.1.